The Morgan fingerprint density at radius 1 is 1.25 bits per heavy atom. The molecular formula is C16H24N4. The predicted octanol–water partition coefficient (Wildman–Crippen LogP) is 2.89. The van der Waals surface area contributed by atoms with Crippen LogP contribution in [0.25, 0.3) is 0 Å². The first kappa shape index (κ1) is 14.7. The Labute approximate surface area is 121 Å². The summed E-state index contributed by atoms with van der Waals surface area (Å²) >= 11 is 0. The number of hydrogen-bond acceptors (Lipinski definition) is 3. The van der Waals surface area contributed by atoms with Gasteiger partial charge in [-0.25, -0.2) is 0 Å². The van der Waals surface area contributed by atoms with Crippen molar-refractivity contribution in [3.8, 4) is 0 Å². The van der Waals surface area contributed by atoms with Crippen LogP contribution in [-0.4, -0.2) is 21.3 Å². The standard InChI is InChI=1S/C16H24N4/c1-4-8-17-16(15-7-6-13(3)18-11-15)9-14-10-19-20(5-2)12-14/h6-7,10-12,16-17H,4-5,8-9H2,1-3H3. The first-order valence-electron chi connectivity index (χ1n) is 7.40. The number of aryl methyl sites for hydroxylation is 2. The molecule has 0 aromatic carbocycles. The number of rotatable bonds is 7. The fourth-order valence-corrected chi connectivity index (χ4v) is 2.23. The molecule has 0 aliphatic heterocycles. The number of nitrogens with one attached hydrogen (secondary N) is 1. The van der Waals surface area contributed by atoms with Gasteiger partial charge in [-0.05, 0) is 50.4 Å². The highest BCUT2D eigenvalue weighted by Crippen LogP contribution is 2.18. The fraction of sp³-hybridized carbons (Fsp3) is 0.500. The monoisotopic (exact) mass is 272 g/mol. The highest BCUT2D eigenvalue weighted by atomic mass is 15.3. The van der Waals surface area contributed by atoms with Gasteiger partial charge in [0, 0.05) is 30.7 Å². The number of aromatic nitrogens is 3. The minimum Gasteiger partial charge on any atom is -0.310 e. The van der Waals surface area contributed by atoms with Crippen LogP contribution in [0.5, 0.6) is 0 Å². The molecule has 0 saturated carbocycles. The molecule has 1 unspecified atom stereocenters. The summed E-state index contributed by atoms with van der Waals surface area (Å²) in [4.78, 5) is 4.41. The lowest BCUT2D eigenvalue weighted by Crippen LogP contribution is -2.24. The average molecular weight is 272 g/mol. The maximum atomic E-state index is 4.41. The number of nitrogens with zero attached hydrogens (tertiary/aromatic N) is 3. The molecule has 4 nitrogen and oxygen atoms in total. The quantitative estimate of drug-likeness (QED) is 0.842. The normalized spacial score (nSPS) is 12.6. The van der Waals surface area contributed by atoms with Crippen LogP contribution in [0, 0.1) is 6.92 Å². The van der Waals surface area contributed by atoms with E-state index in [9.17, 15) is 0 Å². The van der Waals surface area contributed by atoms with Gasteiger partial charge in [-0.15, -0.1) is 0 Å². The second kappa shape index (κ2) is 7.20. The van der Waals surface area contributed by atoms with E-state index in [-0.39, 0.29) is 0 Å². The lowest BCUT2D eigenvalue weighted by molar-refractivity contribution is 0.527. The lowest BCUT2D eigenvalue weighted by atomic mass is 10.0. The van der Waals surface area contributed by atoms with Gasteiger partial charge < -0.3 is 5.32 Å². The Kier molecular flexibility index (Phi) is 5.30. The van der Waals surface area contributed by atoms with Gasteiger partial charge in [0.05, 0.1) is 6.20 Å². The molecule has 20 heavy (non-hydrogen) atoms. The van der Waals surface area contributed by atoms with Crippen LogP contribution < -0.4 is 5.32 Å². The molecule has 2 rings (SSSR count). The molecule has 0 saturated heterocycles. The first-order valence-corrected chi connectivity index (χ1v) is 7.40. The molecule has 4 heteroatoms. The molecule has 0 fully saturated rings. The summed E-state index contributed by atoms with van der Waals surface area (Å²) in [7, 11) is 0. The largest absolute Gasteiger partial charge is 0.310 e. The minimum absolute atomic E-state index is 0.303. The second-order valence-electron chi connectivity index (χ2n) is 5.15. The SMILES string of the molecule is CCCNC(Cc1cnn(CC)c1)c1ccc(C)nc1. The molecule has 2 aromatic rings. The van der Waals surface area contributed by atoms with Gasteiger partial charge in [0.1, 0.15) is 0 Å². The van der Waals surface area contributed by atoms with Crippen molar-refractivity contribution in [2.75, 3.05) is 6.54 Å². The van der Waals surface area contributed by atoms with E-state index < -0.39 is 0 Å². The Bertz CT molecular complexity index is 516. The van der Waals surface area contributed by atoms with Crippen molar-refractivity contribution >= 4 is 0 Å². The van der Waals surface area contributed by atoms with Gasteiger partial charge in [-0.1, -0.05) is 13.0 Å². The summed E-state index contributed by atoms with van der Waals surface area (Å²) < 4.78 is 1.97. The summed E-state index contributed by atoms with van der Waals surface area (Å²) in [6, 6.07) is 4.54. The predicted molar refractivity (Wildman–Crippen MR) is 81.6 cm³/mol. The number of pyridine rings is 1. The van der Waals surface area contributed by atoms with Crippen molar-refractivity contribution in [2.45, 2.75) is 46.2 Å². The Morgan fingerprint density at radius 3 is 2.70 bits per heavy atom. The second-order valence-corrected chi connectivity index (χ2v) is 5.15. The maximum Gasteiger partial charge on any atom is 0.0522 e. The van der Waals surface area contributed by atoms with Gasteiger partial charge in [0.25, 0.3) is 0 Å². The molecule has 0 spiro atoms. The fourth-order valence-electron chi connectivity index (χ4n) is 2.23. The maximum absolute atomic E-state index is 4.41. The molecular weight excluding hydrogens is 248 g/mol. The molecule has 2 aromatic heterocycles. The zero-order valence-corrected chi connectivity index (χ0v) is 12.6. The summed E-state index contributed by atoms with van der Waals surface area (Å²) in [6.07, 6.45) is 8.15. The van der Waals surface area contributed by atoms with E-state index >= 15 is 0 Å². The van der Waals surface area contributed by atoms with Crippen LogP contribution in [0.2, 0.25) is 0 Å². The van der Waals surface area contributed by atoms with Crippen molar-refractivity contribution in [1.29, 1.82) is 0 Å². The zero-order valence-electron chi connectivity index (χ0n) is 12.6. The van der Waals surface area contributed by atoms with Crippen LogP contribution in [0.15, 0.2) is 30.7 Å². The van der Waals surface area contributed by atoms with Gasteiger partial charge >= 0.3 is 0 Å². The molecule has 0 bridgehead atoms. The van der Waals surface area contributed by atoms with Crippen LogP contribution in [-0.2, 0) is 13.0 Å². The molecule has 1 atom stereocenters. The zero-order chi connectivity index (χ0) is 14.4. The van der Waals surface area contributed by atoms with E-state index in [2.05, 4.69) is 47.6 Å². The van der Waals surface area contributed by atoms with Crippen molar-refractivity contribution in [2.24, 2.45) is 0 Å². The van der Waals surface area contributed by atoms with Crippen molar-refractivity contribution < 1.29 is 0 Å². The van der Waals surface area contributed by atoms with Crippen molar-refractivity contribution in [3.05, 3.63) is 47.5 Å². The number of hydrogen-bond donors (Lipinski definition) is 1. The van der Waals surface area contributed by atoms with Crippen LogP contribution in [0.3, 0.4) is 0 Å². The minimum atomic E-state index is 0.303. The third-order valence-electron chi connectivity index (χ3n) is 3.43. The van der Waals surface area contributed by atoms with Gasteiger partial charge in [-0.3, -0.25) is 9.67 Å². The van der Waals surface area contributed by atoms with Crippen LogP contribution in [0.1, 0.15) is 43.1 Å². The summed E-state index contributed by atoms with van der Waals surface area (Å²) in [6.45, 7) is 8.24. The Morgan fingerprint density at radius 2 is 2.10 bits per heavy atom. The molecule has 108 valence electrons. The van der Waals surface area contributed by atoms with Gasteiger partial charge in [-0.2, -0.15) is 5.10 Å². The Balaban J connectivity index is 2.12. The molecule has 0 aliphatic rings. The van der Waals surface area contributed by atoms with E-state index in [1.165, 1.54) is 11.1 Å². The molecule has 0 amide bonds. The topological polar surface area (TPSA) is 42.7 Å². The van der Waals surface area contributed by atoms with Crippen LogP contribution >= 0.6 is 0 Å². The van der Waals surface area contributed by atoms with E-state index in [0.29, 0.717) is 6.04 Å². The summed E-state index contributed by atoms with van der Waals surface area (Å²) in [5.41, 5.74) is 3.57. The average Bonchev–Trinajstić information content (AvgIpc) is 2.92. The van der Waals surface area contributed by atoms with E-state index in [1.54, 1.807) is 0 Å². The third-order valence-corrected chi connectivity index (χ3v) is 3.43. The molecule has 0 aliphatic carbocycles. The summed E-state index contributed by atoms with van der Waals surface area (Å²) in [5, 5.41) is 7.95. The highest BCUT2D eigenvalue weighted by molar-refractivity contribution is 5.20. The highest BCUT2D eigenvalue weighted by Gasteiger charge is 2.13. The van der Waals surface area contributed by atoms with E-state index in [0.717, 1.165) is 31.6 Å². The lowest BCUT2D eigenvalue weighted by Gasteiger charge is -2.18. The summed E-state index contributed by atoms with van der Waals surface area (Å²) in [5.74, 6) is 0. The van der Waals surface area contributed by atoms with Gasteiger partial charge in [0.2, 0.25) is 0 Å². The Hall–Kier alpha value is -1.68. The van der Waals surface area contributed by atoms with Crippen LogP contribution in [0.4, 0.5) is 0 Å². The van der Waals surface area contributed by atoms with Gasteiger partial charge in [0.15, 0.2) is 0 Å². The molecule has 1 N–H and O–H groups in total. The molecule has 2 heterocycles. The third kappa shape index (κ3) is 3.90. The van der Waals surface area contributed by atoms with Crippen molar-refractivity contribution in [1.82, 2.24) is 20.1 Å². The molecule has 0 radical (unpaired) electrons. The van der Waals surface area contributed by atoms with E-state index in [4.69, 9.17) is 0 Å². The first-order chi connectivity index (χ1) is 9.72. The van der Waals surface area contributed by atoms with E-state index in [1.807, 2.05) is 24.0 Å². The smallest absolute Gasteiger partial charge is 0.0522 e. The van der Waals surface area contributed by atoms with Crippen molar-refractivity contribution in [3.63, 3.8) is 0 Å².